The lowest BCUT2D eigenvalue weighted by Gasteiger charge is -2.31. The van der Waals surface area contributed by atoms with Gasteiger partial charge in [0.1, 0.15) is 17.7 Å². The van der Waals surface area contributed by atoms with Gasteiger partial charge in [-0.1, -0.05) is 6.07 Å². The minimum atomic E-state index is 0.276. The molecule has 130 valence electrons. The molecule has 0 bridgehead atoms. The van der Waals surface area contributed by atoms with Crippen LogP contribution in [-0.2, 0) is 7.05 Å². The van der Waals surface area contributed by atoms with Gasteiger partial charge in [0, 0.05) is 62.0 Å². The second kappa shape index (κ2) is 6.02. The molecule has 3 heterocycles. The van der Waals surface area contributed by atoms with E-state index in [-0.39, 0.29) is 6.10 Å². The number of hydrogen-bond donors (Lipinski definition) is 0. The Bertz CT molecular complexity index is 890. The Balaban J connectivity index is 1.25. The Morgan fingerprint density at radius 1 is 1.12 bits per heavy atom. The molecule has 6 heteroatoms. The van der Waals surface area contributed by atoms with Gasteiger partial charge in [-0.25, -0.2) is 4.98 Å². The van der Waals surface area contributed by atoms with E-state index in [0.717, 1.165) is 42.6 Å². The number of ether oxygens (including phenoxy) is 1. The highest BCUT2D eigenvalue weighted by molar-refractivity contribution is 7.09. The van der Waals surface area contributed by atoms with Gasteiger partial charge in [0.05, 0.1) is 5.52 Å². The summed E-state index contributed by atoms with van der Waals surface area (Å²) in [5.41, 5.74) is 1.22. The molecule has 3 aromatic rings. The van der Waals surface area contributed by atoms with Crippen LogP contribution in [0.15, 0.2) is 30.5 Å². The topological polar surface area (TPSA) is 43.2 Å². The van der Waals surface area contributed by atoms with Gasteiger partial charge in [-0.2, -0.15) is 4.37 Å². The maximum absolute atomic E-state index is 6.35. The van der Waals surface area contributed by atoms with E-state index in [1.807, 2.05) is 0 Å². The van der Waals surface area contributed by atoms with Crippen molar-refractivity contribution < 1.29 is 4.74 Å². The molecule has 5 rings (SSSR count). The van der Waals surface area contributed by atoms with Crippen LogP contribution in [0, 0.1) is 0 Å². The maximum Gasteiger partial charge on any atom is 0.205 e. The van der Waals surface area contributed by atoms with Crippen LogP contribution in [0.3, 0.4) is 0 Å². The Morgan fingerprint density at radius 3 is 2.76 bits per heavy atom. The molecule has 2 fully saturated rings. The molecule has 2 aliphatic rings. The van der Waals surface area contributed by atoms with Crippen LogP contribution in [0.1, 0.15) is 37.4 Å². The normalized spacial score (nSPS) is 18.8. The van der Waals surface area contributed by atoms with Gasteiger partial charge >= 0.3 is 0 Å². The smallest absolute Gasteiger partial charge is 0.205 e. The van der Waals surface area contributed by atoms with Crippen LogP contribution in [0.2, 0.25) is 0 Å². The Morgan fingerprint density at radius 2 is 1.96 bits per heavy atom. The summed E-state index contributed by atoms with van der Waals surface area (Å²) in [6.07, 6.45) is 6.95. The van der Waals surface area contributed by atoms with Crippen molar-refractivity contribution in [1.82, 2.24) is 13.9 Å². The zero-order valence-electron chi connectivity index (χ0n) is 14.4. The lowest BCUT2D eigenvalue weighted by Crippen LogP contribution is -2.38. The van der Waals surface area contributed by atoms with Gasteiger partial charge in [-0.05, 0) is 31.0 Å². The minimum Gasteiger partial charge on any atom is -0.490 e. The summed E-state index contributed by atoms with van der Waals surface area (Å²) in [4.78, 5) is 7.11. The number of piperidine rings is 1. The molecule has 5 nitrogen and oxygen atoms in total. The van der Waals surface area contributed by atoms with Crippen LogP contribution in [0.4, 0.5) is 5.13 Å². The molecule has 1 aromatic carbocycles. The Labute approximate surface area is 151 Å². The van der Waals surface area contributed by atoms with Crippen molar-refractivity contribution in [1.29, 1.82) is 0 Å². The third-order valence-electron chi connectivity index (χ3n) is 5.27. The van der Waals surface area contributed by atoms with Gasteiger partial charge in [0.25, 0.3) is 0 Å². The molecule has 25 heavy (non-hydrogen) atoms. The highest BCUT2D eigenvalue weighted by atomic mass is 32.1. The van der Waals surface area contributed by atoms with Crippen molar-refractivity contribution >= 4 is 27.6 Å². The summed E-state index contributed by atoms with van der Waals surface area (Å²) in [7, 11) is 2.07. The first kappa shape index (κ1) is 15.2. The second-order valence-corrected chi connectivity index (χ2v) is 7.86. The molecule has 0 radical (unpaired) electrons. The van der Waals surface area contributed by atoms with Crippen LogP contribution in [0.25, 0.3) is 10.9 Å². The number of aryl methyl sites for hydroxylation is 1. The van der Waals surface area contributed by atoms with E-state index >= 15 is 0 Å². The van der Waals surface area contributed by atoms with Crippen LogP contribution >= 0.6 is 11.5 Å². The fourth-order valence-electron chi connectivity index (χ4n) is 3.58. The van der Waals surface area contributed by atoms with E-state index < -0.39 is 0 Å². The van der Waals surface area contributed by atoms with Crippen LogP contribution in [-0.4, -0.2) is 33.1 Å². The minimum absolute atomic E-state index is 0.276. The second-order valence-electron chi connectivity index (χ2n) is 7.13. The molecule has 0 unspecified atom stereocenters. The monoisotopic (exact) mass is 354 g/mol. The van der Waals surface area contributed by atoms with E-state index in [1.165, 1.54) is 23.7 Å². The number of anilines is 1. The van der Waals surface area contributed by atoms with Crippen molar-refractivity contribution in [2.45, 2.75) is 37.7 Å². The summed E-state index contributed by atoms with van der Waals surface area (Å²) in [6, 6.07) is 8.44. The van der Waals surface area contributed by atoms with E-state index in [0.29, 0.717) is 5.92 Å². The third-order valence-corrected chi connectivity index (χ3v) is 6.06. The lowest BCUT2D eigenvalue weighted by atomic mass is 10.1. The summed E-state index contributed by atoms with van der Waals surface area (Å²) < 4.78 is 13.0. The fraction of sp³-hybridized carbons (Fsp3) is 0.474. The third kappa shape index (κ3) is 2.88. The lowest BCUT2D eigenvalue weighted by molar-refractivity contribution is 0.173. The number of benzene rings is 1. The number of aromatic nitrogens is 3. The predicted molar refractivity (Wildman–Crippen MR) is 101 cm³/mol. The molecule has 0 N–H and O–H groups in total. The van der Waals surface area contributed by atoms with Crippen molar-refractivity contribution in [3.63, 3.8) is 0 Å². The molecule has 1 aliphatic carbocycles. The molecular formula is C19H22N4OS. The van der Waals surface area contributed by atoms with Crippen LogP contribution < -0.4 is 9.64 Å². The Hall–Kier alpha value is -2.08. The summed E-state index contributed by atoms with van der Waals surface area (Å²) in [5.74, 6) is 2.70. The van der Waals surface area contributed by atoms with Crippen molar-refractivity contribution in [2.24, 2.45) is 7.05 Å². The van der Waals surface area contributed by atoms with Crippen molar-refractivity contribution in [2.75, 3.05) is 18.0 Å². The quantitative estimate of drug-likeness (QED) is 0.711. The molecule has 1 saturated carbocycles. The highest BCUT2D eigenvalue weighted by Crippen LogP contribution is 2.40. The molecule has 0 spiro atoms. The fourth-order valence-corrected chi connectivity index (χ4v) is 4.38. The first-order valence-electron chi connectivity index (χ1n) is 9.07. The van der Waals surface area contributed by atoms with Gasteiger partial charge < -0.3 is 14.2 Å². The summed E-state index contributed by atoms with van der Waals surface area (Å²) >= 11 is 1.56. The van der Waals surface area contributed by atoms with Crippen LogP contribution in [0.5, 0.6) is 5.75 Å². The van der Waals surface area contributed by atoms with E-state index in [1.54, 1.807) is 11.5 Å². The van der Waals surface area contributed by atoms with Crippen molar-refractivity contribution in [3.8, 4) is 5.75 Å². The SMILES string of the molecule is Cn1ccc2c(OC3CCN(c4nc(C5CC5)ns4)CC3)cccc21. The molecule has 1 saturated heterocycles. The van der Waals surface area contributed by atoms with E-state index in [9.17, 15) is 0 Å². The van der Waals surface area contributed by atoms with Gasteiger partial charge in [-0.3, -0.25) is 0 Å². The summed E-state index contributed by atoms with van der Waals surface area (Å²) in [5, 5.41) is 2.29. The van der Waals surface area contributed by atoms with Gasteiger partial charge in [-0.15, -0.1) is 0 Å². The average Bonchev–Trinajstić information content (AvgIpc) is 3.25. The van der Waals surface area contributed by atoms with Gasteiger partial charge in [0.15, 0.2) is 0 Å². The maximum atomic E-state index is 6.35. The highest BCUT2D eigenvalue weighted by Gasteiger charge is 2.29. The number of hydrogen-bond acceptors (Lipinski definition) is 5. The largest absolute Gasteiger partial charge is 0.490 e. The first-order valence-corrected chi connectivity index (χ1v) is 9.84. The zero-order valence-corrected chi connectivity index (χ0v) is 15.2. The number of rotatable bonds is 4. The number of nitrogens with zero attached hydrogens (tertiary/aromatic N) is 4. The predicted octanol–water partition coefficient (Wildman–Crippen LogP) is 3.96. The molecule has 0 atom stereocenters. The zero-order chi connectivity index (χ0) is 16.8. The number of fused-ring (bicyclic) bond motifs is 1. The van der Waals surface area contributed by atoms with Gasteiger partial charge in [0.2, 0.25) is 5.13 Å². The average molecular weight is 354 g/mol. The molecule has 0 amide bonds. The molecule has 2 aromatic heterocycles. The Kier molecular flexibility index (Phi) is 3.66. The van der Waals surface area contributed by atoms with E-state index in [4.69, 9.17) is 9.72 Å². The van der Waals surface area contributed by atoms with E-state index in [2.05, 4.69) is 51.4 Å². The molecular weight excluding hydrogens is 332 g/mol. The standard InChI is InChI=1S/C19H22N4OS/c1-22-10-9-15-16(22)3-2-4-17(15)24-14-7-11-23(12-8-14)19-20-18(21-25-19)13-5-6-13/h2-4,9-10,13-14H,5-8,11-12H2,1H3. The first-order chi connectivity index (χ1) is 12.3. The molecule has 1 aliphatic heterocycles. The summed E-state index contributed by atoms with van der Waals surface area (Å²) in [6.45, 7) is 1.99. The van der Waals surface area contributed by atoms with Crippen molar-refractivity contribution in [3.05, 3.63) is 36.3 Å².